The number of benzene rings is 1. The normalized spacial score (nSPS) is 10.2. The predicted octanol–water partition coefficient (Wildman–Crippen LogP) is 3.75. The zero-order valence-corrected chi connectivity index (χ0v) is 11.5. The summed E-state index contributed by atoms with van der Waals surface area (Å²) < 4.78 is 4.94. The van der Waals surface area contributed by atoms with Crippen LogP contribution in [0.25, 0.3) is 0 Å². The van der Waals surface area contributed by atoms with Crippen LogP contribution in [-0.2, 0) is 0 Å². The van der Waals surface area contributed by atoms with E-state index in [2.05, 4.69) is 15.8 Å². The van der Waals surface area contributed by atoms with Crippen molar-refractivity contribution in [3.05, 3.63) is 40.6 Å². The Balaban J connectivity index is 2.05. The van der Waals surface area contributed by atoms with Gasteiger partial charge in [0.25, 0.3) is 0 Å². The van der Waals surface area contributed by atoms with Gasteiger partial charge in [-0.2, -0.15) is 0 Å². The van der Waals surface area contributed by atoms with Gasteiger partial charge in [0.15, 0.2) is 10.9 Å². The molecule has 94 valence electrons. The summed E-state index contributed by atoms with van der Waals surface area (Å²) in [5, 5.41) is 10.9. The Morgan fingerprint density at radius 1 is 1.33 bits per heavy atom. The van der Waals surface area contributed by atoms with Gasteiger partial charge in [-0.25, -0.2) is 0 Å². The van der Waals surface area contributed by atoms with Crippen molar-refractivity contribution in [2.24, 2.45) is 0 Å². The predicted molar refractivity (Wildman–Crippen MR) is 77.3 cm³/mol. The molecule has 0 saturated carbocycles. The van der Waals surface area contributed by atoms with E-state index in [-0.39, 0.29) is 0 Å². The lowest BCUT2D eigenvalue weighted by Crippen LogP contribution is -2.19. The Morgan fingerprint density at radius 2 is 2.11 bits per heavy atom. The van der Waals surface area contributed by atoms with Gasteiger partial charge in [0, 0.05) is 16.8 Å². The summed E-state index contributed by atoms with van der Waals surface area (Å²) in [6.45, 7) is 3.74. The minimum atomic E-state index is 0.439. The molecule has 0 fully saturated rings. The van der Waals surface area contributed by atoms with E-state index in [0.717, 1.165) is 17.0 Å². The zero-order chi connectivity index (χ0) is 13.1. The van der Waals surface area contributed by atoms with Gasteiger partial charge >= 0.3 is 0 Å². The highest BCUT2D eigenvalue weighted by Crippen LogP contribution is 2.23. The Bertz CT molecular complexity index is 582. The van der Waals surface area contributed by atoms with E-state index in [1.54, 1.807) is 6.07 Å². The maximum absolute atomic E-state index is 6.03. The average Bonchev–Trinajstić information content (AvgIpc) is 2.70. The van der Waals surface area contributed by atoms with Crippen molar-refractivity contribution in [2.45, 2.75) is 13.8 Å². The summed E-state index contributed by atoms with van der Waals surface area (Å²) in [5.41, 5.74) is 1.81. The average molecular weight is 282 g/mol. The van der Waals surface area contributed by atoms with Crippen molar-refractivity contribution < 1.29 is 4.52 Å². The molecule has 2 N–H and O–H groups in total. The third-order valence-corrected chi connectivity index (χ3v) is 3.00. The van der Waals surface area contributed by atoms with Gasteiger partial charge in [-0.3, -0.25) is 0 Å². The fraction of sp³-hybridized carbons (Fsp3) is 0.167. The Labute approximate surface area is 115 Å². The van der Waals surface area contributed by atoms with E-state index in [1.165, 1.54) is 0 Å². The molecule has 0 unspecified atom stereocenters. The molecule has 6 heteroatoms. The SMILES string of the molecule is Cc1cc(NC(=S)Nc2cccc(Cl)c2C)no1. The van der Waals surface area contributed by atoms with Crippen LogP contribution in [0.2, 0.25) is 5.02 Å². The van der Waals surface area contributed by atoms with Gasteiger partial charge in [-0.05, 0) is 43.8 Å². The molecule has 0 radical (unpaired) electrons. The van der Waals surface area contributed by atoms with Crippen LogP contribution in [0.1, 0.15) is 11.3 Å². The summed E-state index contributed by atoms with van der Waals surface area (Å²) in [6, 6.07) is 7.36. The standard InChI is InChI=1S/C12H12ClN3OS/c1-7-6-11(16-17-7)15-12(18)14-10-5-3-4-9(13)8(10)2/h3-6H,1-2H3,(H2,14,15,16,18). The van der Waals surface area contributed by atoms with E-state index >= 15 is 0 Å². The van der Waals surface area contributed by atoms with Crippen LogP contribution in [-0.4, -0.2) is 10.3 Å². The van der Waals surface area contributed by atoms with E-state index in [0.29, 0.717) is 16.0 Å². The Hall–Kier alpha value is -1.59. The van der Waals surface area contributed by atoms with Crippen LogP contribution in [0, 0.1) is 13.8 Å². The molecule has 0 spiro atoms. The molecule has 0 aliphatic carbocycles. The third-order valence-electron chi connectivity index (χ3n) is 2.39. The highest BCUT2D eigenvalue weighted by Gasteiger charge is 2.06. The van der Waals surface area contributed by atoms with Crippen molar-refractivity contribution in [3.8, 4) is 0 Å². The first-order chi connectivity index (χ1) is 8.56. The molecule has 4 nitrogen and oxygen atoms in total. The number of anilines is 2. The van der Waals surface area contributed by atoms with Gasteiger partial charge in [0.2, 0.25) is 0 Å². The number of aromatic nitrogens is 1. The fourth-order valence-corrected chi connectivity index (χ4v) is 1.83. The molecule has 0 bridgehead atoms. The summed E-state index contributed by atoms with van der Waals surface area (Å²) in [6.07, 6.45) is 0. The molecular weight excluding hydrogens is 270 g/mol. The third kappa shape index (κ3) is 3.00. The van der Waals surface area contributed by atoms with Crippen molar-refractivity contribution >= 4 is 40.4 Å². The number of nitrogens with zero attached hydrogens (tertiary/aromatic N) is 1. The van der Waals surface area contributed by atoms with Gasteiger partial charge in [-0.15, -0.1) is 0 Å². The summed E-state index contributed by atoms with van der Waals surface area (Å²) >= 11 is 11.2. The molecule has 0 aliphatic heterocycles. The lowest BCUT2D eigenvalue weighted by molar-refractivity contribution is 0.400. The minimum absolute atomic E-state index is 0.439. The number of hydrogen-bond donors (Lipinski definition) is 2. The van der Waals surface area contributed by atoms with Crippen LogP contribution >= 0.6 is 23.8 Å². The molecule has 0 saturated heterocycles. The van der Waals surface area contributed by atoms with E-state index in [9.17, 15) is 0 Å². The number of nitrogens with one attached hydrogen (secondary N) is 2. The molecule has 0 atom stereocenters. The van der Waals surface area contributed by atoms with E-state index < -0.39 is 0 Å². The van der Waals surface area contributed by atoms with E-state index in [1.807, 2.05) is 32.0 Å². The van der Waals surface area contributed by atoms with Crippen molar-refractivity contribution in [1.82, 2.24) is 5.16 Å². The zero-order valence-electron chi connectivity index (χ0n) is 9.95. The maximum atomic E-state index is 6.03. The molecule has 18 heavy (non-hydrogen) atoms. The second-order valence-corrected chi connectivity index (χ2v) is 4.63. The second kappa shape index (κ2) is 5.37. The number of hydrogen-bond acceptors (Lipinski definition) is 3. The first kappa shape index (κ1) is 12.9. The summed E-state index contributed by atoms with van der Waals surface area (Å²) in [4.78, 5) is 0. The minimum Gasteiger partial charge on any atom is -0.360 e. The van der Waals surface area contributed by atoms with E-state index in [4.69, 9.17) is 28.3 Å². The van der Waals surface area contributed by atoms with Crippen LogP contribution in [0.4, 0.5) is 11.5 Å². The highest BCUT2D eigenvalue weighted by molar-refractivity contribution is 7.80. The topological polar surface area (TPSA) is 50.1 Å². The lowest BCUT2D eigenvalue weighted by Gasteiger charge is -2.11. The first-order valence-corrected chi connectivity index (χ1v) is 6.11. The van der Waals surface area contributed by atoms with Crippen LogP contribution in [0.3, 0.4) is 0 Å². The van der Waals surface area contributed by atoms with Crippen molar-refractivity contribution in [1.29, 1.82) is 0 Å². The van der Waals surface area contributed by atoms with Crippen molar-refractivity contribution in [2.75, 3.05) is 10.6 Å². The second-order valence-electron chi connectivity index (χ2n) is 3.81. The molecule has 0 amide bonds. The molecular formula is C12H12ClN3OS. The van der Waals surface area contributed by atoms with Crippen LogP contribution in [0.15, 0.2) is 28.8 Å². The van der Waals surface area contributed by atoms with Gasteiger partial charge in [0.1, 0.15) is 5.76 Å². The number of aryl methyl sites for hydroxylation is 1. The molecule has 1 aromatic heterocycles. The Morgan fingerprint density at radius 3 is 2.78 bits per heavy atom. The number of rotatable bonds is 2. The lowest BCUT2D eigenvalue weighted by atomic mass is 10.2. The van der Waals surface area contributed by atoms with Crippen LogP contribution < -0.4 is 10.6 Å². The summed E-state index contributed by atoms with van der Waals surface area (Å²) in [5.74, 6) is 1.30. The molecule has 2 rings (SSSR count). The number of thiocarbonyl (C=S) groups is 1. The summed E-state index contributed by atoms with van der Waals surface area (Å²) in [7, 11) is 0. The molecule has 1 aromatic carbocycles. The van der Waals surface area contributed by atoms with Gasteiger partial charge in [0.05, 0.1) is 0 Å². The van der Waals surface area contributed by atoms with Gasteiger partial charge in [-0.1, -0.05) is 22.8 Å². The van der Waals surface area contributed by atoms with Crippen molar-refractivity contribution in [3.63, 3.8) is 0 Å². The molecule has 1 heterocycles. The Kier molecular flexibility index (Phi) is 3.84. The molecule has 0 aliphatic rings. The highest BCUT2D eigenvalue weighted by atomic mass is 35.5. The first-order valence-electron chi connectivity index (χ1n) is 5.32. The number of halogens is 1. The quantitative estimate of drug-likeness (QED) is 0.821. The fourth-order valence-electron chi connectivity index (χ4n) is 1.44. The maximum Gasteiger partial charge on any atom is 0.176 e. The molecule has 2 aromatic rings. The van der Waals surface area contributed by atoms with Crippen LogP contribution in [0.5, 0.6) is 0 Å². The largest absolute Gasteiger partial charge is 0.360 e. The van der Waals surface area contributed by atoms with Gasteiger partial charge < -0.3 is 15.2 Å². The smallest absolute Gasteiger partial charge is 0.176 e. The monoisotopic (exact) mass is 281 g/mol.